The van der Waals surface area contributed by atoms with Gasteiger partial charge in [-0.05, 0) is 73.5 Å². The molecule has 0 bridgehead atoms. The average molecular weight is 503 g/mol. The highest BCUT2D eigenvalue weighted by Gasteiger charge is 2.24. The highest BCUT2D eigenvalue weighted by Crippen LogP contribution is 2.40. The minimum atomic E-state index is 0.354. The number of aromatic amines is 1. The van der Waals surface area contributed by atoms with Crippen LogP contribution in [0.1, 0.15) is 60.9 Å². The molecule has 1 aliphatic heterocycles. The number of likely N-dealkylation sites (tertiary alicyclic amines) is 1. The van der Waals surface area contributed by atoms with Gasteiger partial charge in [-0.1, -0.05) is 36.7 Å². The maximum Gasteiger partial charge on any atom is 0.179 e. The first-order valence-corrected chi connectivity index (χ1v) is 13.0. The molecule has 6 rings (SSSR count). The fourth-order valence-electron chi connectivity index (χ4n) is 5.69. The van der Waals surface area contributed by atoms with Crippen LogP contribution >= 0.6 is 11.6 Å². The third kappa shape index (κ3) is 3.98. The predicted octanol–water partition coefficient (Wildman–Crippen LogP) is 5.47. The predicted molar refractivity (Wildman–Crippen MR) is 142 cm³/mol. The molecular formula is C27H31ClN8. The van der Waals surface area contributed by atoms with Crippen molar-refractivity contribution in [2.45, 2.75) is 52.0 Å². The lowest BCUT2D eigenvalue weighted by Gasteiger charge is -2.31. The van der Waals surface area contributed by atoms with Gasteiger partial charge < -0.3 is 4.98 Å². The van der Waals surface area contributed by atoms with Gasteiger partial charge in [0.2, 0.25) is 0 Å². The second kappa shape index (κ2) is 9.01. The Bertz CT molecular complexity index is 1550. The van der Waals surface area contributed by atoms with Crippen molar-refractivity contribution >= 4 is 28.2 Å². The number of hydrogen-bond acceptors (Lipinski definition) is 5. The number of piperidine rings is 1. The Morgan fingerprint density at radius 3 is 2.67 bits per heavy atom. The molecule has 5 heterocycles. The first-order valence-electron chi connectivity index (χ1n) is 12.6. The Labute approximate surface area is 215 Å². The third-order valence-corrected chi connectivity index (χ3v) is 8.03. The summed E-state index contributed by atoms with van der Waals surface area (Å²) >= 11 is 6.69. The van der Waals surface area contributed by atoms with Gasteiger partial charge in [-0.25, -0.2) is 0 Å². The monoisotopic (exact) mass is 502 g/mol. The van der Waals surface area contributed by atoms with Crippen LogP contribution in [0.3, 0.4) is 0 Å². The fourth-order valence-corrected chi connectivity index (χ4v) is 5.92. The van der Waals surface area contributed by atoms with E-state index >= 15 is 0 Å². The van der Waals surface area contributed by atoms with Crippen LogP contribution in [0.25, 0.3) is 27.8 Å². The van der Waals surface area contributed by atoms with Crippen LogP contribution in [0, 0.1) is 6.92 Å². The van der Waals surface area contributed by atoms with Gasteiger partial charge in [-0.3, -0.25) is 14.0 Å². The molecule has 4 aromatic heterocycles. The maximum atomic E-state index is 6.69. The van der Waals surface area contributed by atoms with E-state index in [1.807, 2.05) is 17.6 Å². The van der Waals surface area contributed by atoms with Crippen LogP contribution in [0.2, 0.25) is 5.02 Å². The lowest BCUT2D eigenvalue weighted by atomic mass is 9.87. The summed E-state index contributed by atoms with van der Waals surface area (Å²) in [7, 11) is 1.92. The van der Waals surface area contributed by atoms with Crippen molar-refractivity contribution in [2.75, 3.05) is 13.1 Å². The molecule has 0 amide bonds. The summed E-state index contributed by atoms with van der Waals surface area (Å²) < 4.78 is 3.68. The normalized spacial score (nSPS) is 15.6. The zero-order valence-electron chi connectivity index (χ0n) is 21.2. The van der Waals surface area contributed by atoms with Crippen LogP contribution in [-0.4, -0.2) is 52.6 Å². The van der Waals surface area contributed by atoms with E-state index in [4.69, 9.17) is 11.6 Å². The smallest absolute Gasteiger partial charge is 0.179 e. The van der Waals surface area contributed by atoms with Gasteiger partial charge in [0, 0.05) is 42.5 Å². The molecule has 1 aromatic carbocycles. The van der Waals surface area contributed by atoms with Gasteiger partial charge in [0.05, 0.1) is 16.4 Å². The van der Waals surface area contributed by atoms with Gasteiger partial charge in [0.1, 0.15) is 6.33 Å². The van der Waals surface area contributed by atoms with Gasteiger partial charge >= 0.3 is 0 Å². The molecule has 0 atom stereocenters. The number of nitrogens with zero attached hydrogens (tertiary/aromatic N) is 7. The molecule has 1 fully saturated rings. The standard InChI is InChI=1S/C27H31ClN8/c1-16(2)24-21-11-19(18-7-9-35(10-8-18)13-20-12-34(4)33-31-20)5-6-23(21)30-26(24)22-14-36-15-29-32-27(36)25(28)17(22)3/h5-6,11-12,14-16,18,30H,7-10,13H2,1-4H3. The third-order valence-electron chi connectivity index (χ3n) is 7.57. The highest BCUT2D eigenvalue weighted by molar-refractivity contribution is 6.34. The number of rotatable bonds is 5. The van der Waals surface area contributed by atoms with Crippen molar-refractivity contribution in [1.82, 2.24) is 39.5 Å². The van der Waals surface area contributed by atoms with Crippen LogP contribution in [-0.2, 0) is 13.6 Å². The SMILES string of the molecule is Cc1c(-c2[nH]c3ccc(C4CCN(Cc5cn(C)nn5)CC4)cc3c2C(C)C)cn2cnnc2c1Cl. The molecule has 9 heteroatoms. The number of halogens is 1. The van der Waals surface area contributed by atoms with Crippen LogP contribution in [0.4, 0.5) is 0 Å². The second-order valence-corrected chi connectivity index (χ2v) is 10.7. The summed E-state index contributed by atoms with van der Waals surface area (Å²) in [6, 6.07) is 6.97. The first-order chi connectivity index (χ1) is 17.4. The number of aryl methyl sites for hydroxylation is 1. The molecule has 0 spiro atoms. The van der Waals surface area contributed by atoms with E-state index < -0.39 is 0 Å². The first kappa shape index (κ1) is 23.2. The second-order valence-electron chi connectivity index (χ2n) is 10.4. The molecular weight excluding hydrogens is 472 g/mol. The number of nitrogens with one attached hydrogen (secondary N) is 1. The summed E-state index contributed by atoms with van der Waals surface area (Å²) in [5.74, 6) is 0.919. The average Bonchev–Trinajstić information content (AvgIpc) is 3.59. The van der Waals surface area contributed by atoms with E-state index in [2.05, 4.69) is 75.6 Å². The minimum absolute atomic E-state index is 0.354. The van der Waals surface area contributed by atoms with Crippen molar-refractivity contribution in [2.24, 2.45) is 7.05 Å². The Morgan fingerprint density at radius 2 is 1.94 bits per heavy atom. The van der Waals surface area contributed by atoms with Crippen LogP contribution in [0.5, 0.6) is 0 Å². The zero-order chi connectivity index (χ0) is 25.0. The number of pyridine rings is 1. The topological polar surface area (TPSA) is 79.9 Å². The van der Waals surface area contributed by atoms with Crippen LogP contribution < -0.4 is 0 Å². The molecule has 0 saturated carbocycles. The van der Waals surface area contributed by atoms with E-state index in [9.17, 15) is 0 Å². The largest absolute Gasteiger partial charge is 0.354 e. The molecule has 1 N–H and O–H groups in total. The molecule has 1 aliphatic rings. The number of fused-ring (bicyclic) bond motifs is 2. The highest BCUT2D eigenvalue weighted by atomic mass is 35.5. The Hall–Kier alpha value is -3.23. The molecule has 5 aromatic rings. The number of H-pyrrole nitrogens is 1. The van der Waals surface area contributed by atoms with Gasteiger partial charge in [-0.2, -0.15) is 0 Å². The lowest BCUT2D eigenvalue weighted by molar-refractivity contribution is 0.202. The number of benzene rings is 1. The van der Waals surface area contributed by atoms with Crippen LogP contribution in [0.15, 0.2) is 36.9 Å². The maximum absolute atomic E-state index is 6.69. The van der Waals surface area contributed by atoms with Gasteiger partial charge in [-0.15, -0.1) is 15.3 Å². The van der Waals surface area contributed by atoms with Crippen molar-refractivity contribution in [3.63, 3.8) is 0 Å². The van der Waals surface area contributed by atoms with Crippen molar-refractivity contribution in [3.8, 4) is 11.3 Å². The van der Waals surface area contributed by atoms with E-state index in [1.54, 1.807) is 11.0 Å². The lowest BCUT2D eigenvalue weighted by Crippen LogP contribution is -2.32. The molecule has 36 heavy (non-hydrogen) atoms. The van der Waals surface area contributed by atoms with E-state index in [0.29, 0.717) is 22.5 Å². The molecule has 0 unspecified atom stereocenters. The summed E-state index contributed by atoms with van der Waals surface area (Å²) in [6.07, 6.45) is 8.10. The Balaban J connectivity index is 1.32. The Kier molecular flexibility index (Phi) is 5.80. The van der Waals surface area contributed by atoms with E-state index in [0.717, 1.165) is 60.5 Å². The molecule has 186 valence electrons. The number of aromatic nitrogens is 7. The fraction of sp³-hybridized carbons (Fsp3) is 0.407. The Morgan fingerprint density at radius 1 is 1.14 bits per heavy atom. The molecule has 1 saturated heterocycles. The van der Waals surface area contributed by atoms with Gasteiger partial charge in [0.25, 0.3) is 0 Å². The summed E-state index contributed by atoms with van der Waals surface area (Å²) in [6.45, 7) is 9.60. The number of hydrogen-bond donors (Lipinski definition) is 1. The summed E-state index contributed by atoms with van der Waals surface area (Å²) in [5, 5.41) is 18.5. The summed E-state index contributed by atoms with van der Waals surface area (Å²) in [4.78, 5) is 6.20. The quantitative estimate of drug-likeness (QED) is 0.344. The van der Waals surface area contributed by atoms with Crippen molar-refractivity contribution in [1.29, 1.82) is 0 Å². The minimum Gasteiger partial charge on any atom is -0.354 e. The van der Waals surface area contributed by atoms with Crippen molar-refractivity contribution < 1.29 is 0 Å². The van der Waals surface area contributed by atoms with E-state index in [-0.39, 0.29) is 0 Å². The molecule has 0 aliphatic carbocycles. The van der Waals surface area contributed by atoms with Crippen molar-refractivity contribution in [3.05, 3.63) is 64.3 Å². The van der Waals surface area contributed by atoms with Gasteiger partial charge in [0.15, 0.2) is 5.65 Å². The van der Waals surface area contributed by atoms with E-state index in [1.165, 1.54) is 16.5 Å². The zero-order valence-corrected chi connectivity index (χ0v) is 21.9. The summed E-state index contributed by atoms with van der Waals surface area (Å²) in [5.41, 5.74) is 8.89. The molecule has 0 radical (unpaired) electrons. The molecule has 8 nitrogen and oxygen atoms in total.